The van der Waals surface area contributed by atoms with Crippen LogP contribution < -0.4 is 0 Å². The zero-order chi connectivity index (χ0) is 13.1. The number of hydrogen-bond donors (Lipinski definition) is 0. The fourth-order valence-electron chi connectivity index (χ4n) is 1.88. The second-order valence-corrected chi connectivity index (χ2v) is 5.85. The molecule has 0 heterocycles. The molecule has 0 N–H and O–H groups in total. The molecule has 0 radical (unpaired) electrons. The van der Waals surface area contributed by atoms with Gasteiger partial charge in [-0.1, -0.05) is 36.4 Å². The third kappa shape index (κ3) is 3.04. The van der Waals surface area contributed by atoms with E-state index in [4.69, 9.17) is 11.6 Å². The lowest BCUT2D eigenvalue weighted by molar-refractivity contribution is 0.607. The summed E-state index contributed by atoms with van der Waals surface area (Å²) in [5.41, 5.74) is 2.93. The Morgan fingerprint density at radius 3 is 2.61 bits per heavy atom. The van der Waals surface area contributed by atoms with Gasteiger partial charge in [-0.2, -0.15) is 0 Å². The Labute approximate surface area is 125 Å². The van der Waals surface area contributed by atoms with Crippen molar-refractivity contribution in [1.82, 2.24) is 0 Å². The SMILES string of the molecule is Cc1cccc(C(Cl)Cc2ccccc2F)c1I. The van der Waals surface area contributed by atoms with E-state index in [0.717, 1.165) is 9.13 Å². The van der Waals surface area contributed by atoms with Gasteiger partial charge in [0, 0.05) is 3.57 Å². The molecule has 3 heteroatoms. The van der Waals surface area contributed by atoms with Crippen LogP contribution in [-0.4, -0.2) is 0 Å². The Morgan fingerprint density at radius 1 is 1.17 bits per heavy atom. The molecule has 18 heavy (non-hydrogen) atoms. The summed E-state index contributed by atoms with van der Waals surface area (Å²) in [7, 11) is 0. The lowest BCUT2D eigenvalue weighted by Gasteiger charge is -2.14. The summed E-state index contributed by atoms with van der Waals surface area (Å²) < 4.78 is 14.7. The van der Waals surface area contributed by atoms with Crippen LogP contribution in [0.3, 0.4) is 0 Å². The molecule has 2 aromatic rings. The van der Waals surface area contributed by atoms with Crippen molar-refractivity contribution in [3.63, 3.8) is 0 Å². The molecule has 0 bridgehead atoms. The average molecular weight is 375 g/mol. The summed E-state index contributed by atoms with van der Waals surface area (Å²) in [6, 6.07) is 12.8. The first-order valence-electron chi connectivity index (χ1n) is 5.72. The van der Waals surface area contributed by atoms with Crippen molar-refractivity contribution in [3.05, 3.63) is 68.5 Å². The molecule has 0 fully saturated rings. The second-order valence-electron chi connectivity index (χ2n) is 4.24. The highest BCUT2D eigenvalue weighted by Crippen LogP contribution is 2.30. The van der Waals surface area contributed by atoms with E-state index in [0.29, 0.717) is 12.0 Å². The molecule has 0 aliphatic carbocycles. The van der Waals surface area contributed by atoms with Crippen molar-refractivity contribution >= 4 is 34.2 Å². The summed E-state index contributed by atoms with van der Waals surface area (Å²) in [6.45, 7) is 2.05. The van der Waals surface area contributed by atoms with Crippen LogP contribution in [0.1, 0.15) is 22.1 Å². The lowest BCUT2D eigenvalue weighted by Crippen LogP contribution is -2.01. The first-order valence-corrected chi connectivity index (χ1v) is 7.23. The third-order valence-electron chi connectivity index (χ3n) is 2.92. The number of benzene rings is 2. The van der Waals surface area contributed by atoms with Crippen molar-refractivity contribution < 1.29 is 4.39 Å². The highest BCUT2D eigenvalue weighted by atomic mass is 127. The summed E-state index contributed by atoms with van der Waals surface area (Å²) in [5, 5.41) is -0.200. The Balaban J connectivity index is 2.25. The van der Waals surface area contributed by atoms with Crippen LogP contribution in [0, 0.1) is 16.3 Å². The Hall–Kier alpha value is -0.610. The average Bonchev–Trinajstić information content (AvgIpc) is 2.35. The summed E-state index contributed by atoms with van der Waals surface area (Å²) >= 11 is 8.71. The maximum Gasteiger partial charge on any atom is 0.126 e. The molecule has 0 amide bonds. The molecule has 0 saturated carbocycles. The second kappa shape index (κ2) is 6.02. The molecule has 94 valence electrons. The van der Waals surface area contributed by atoms with Gasteiger partial charge >= 0.3 is 0 Å². The molecule has 1 atom stereocenters. The Morgan fingerprint density at radius 2 is 1.89 bits per heavy atom. The predicted molar refractivity (Wildman–Crippen MR) is 82.6 cm³/mol. The van der Waals surface area contributed by atoms with E-state index in [1.54, 1.807) is 12.1 Å². The molecular weight excluding hydrogens is 362 g/mol. The largest absolute Gasteiger partial charge is 0.207 e. The summed E-state index contributed by atoms with van der Waals surface area (Å²) in [4.78, 5) is 0. The minimum absolute atomic E-state index is 0.189. The minimum Gasteiger partial charge on any atom is -0.207 e. The highest BCUT2D eigenvalue weighted by Gasteiger charge is 2.15. The van der Waals surface area contributed by atoms with Gasteiger partial charge in [0.15, 0.2) is 0 Å². The molecule has 0 aromatic heterocycles. The van der Waals surface area contributed by atoms with Gasteiger partial charge in [-0.15, -0.1) is 11.6 Å². The standard InChI is InChI=1S/C15H13ClFI/c1-10-5-4-7-12(15(10)18)13(16)9-11-6-2-3-8-14(11)17/h2-8,13H,9H2,1H3. The maximum atomic E-state index is 13.6. The number of rotatable bonds is 3. The lowest BCUT2D eigenvalue weighted by atomic mass is 10.0. The first kappa shape index (κ1) is 13.8. The molecule has 2 aromatic carbocycles. The molecule has 0 nitrogen and oxygen atoms in total. The smallest absolute Gasteiger partial charge is 0.126 e. The van der Waals surface area contributed by atoms with Crippen LogP contribution in [0.25, 0.3) is 0 Å². The molecular formula is C15H13ClFI. The van der Waals surface area contributed by atoms with Gasteiger partial charge in [0.25, 0.3) is 0 Å². The van der Waals surface area contributed by atoms with Crippen LogP contribution in [0.5, 0.6) is 0 Å². The van der Waals surface area contributed by atoms with Crippen molar-refractivity contribution in [3.8, 4) is 0 Å². The number of halogens is 3. The van der Waals surface area contributed by atoms with Crippen LogP contribution in [0.2, 0.25) is 0 Å². The van der Waals surface area contributed by atoms with E-state index in [-0.39, 0.29) is 11.2 Å². The van der Waals surface area contributed by atoms with Gasteiger partial charge in [-0.3, -0.25) is 0 Å². The van der Waals surface area contributed by atoms with E-state index < -0.39 is 0 Å². The molecule has 0 spiro atoms. The van der Waals surface area contributed by atoms with Crippen molar-refractivity contribution in [2.24, 2.45) is 0 Å². The van der Waals surface area contributed by atoms with Gasteiger partial charge in [0.1, 0.15) is 5.82 Å². The fraction of sp³-hybridized carbons (Fsp3) is 0.200. The van der Waals surface area contributed by atoms with E-state index >= 15 is 0 Å². The van der Waals surface area contributed by atoms with Gasteiger partial charge in [-0.05, 0) is 58.7 Å². The molecule has 0 aliphatic rings. The zero-order valence-corrected chi connectivity index (χ0v) is 12.9. The summed E-state index contributed by atoms with van der Waals surface area (Å²) in [5.74, 6) is -0.189. The molecule has 2 rings (SSSR count). The fourth-order valence-corrected chi connectivity index (χ4v) is 3.15. The Bertz CT molecular complexity index is 554. The number of aryl methyl sites for hydroxylation is 1. The molecule has 0 saturated heterocycles. The van der Waals surface area contributed by atoms with Gasteiger partial charge in [-0.25, -0.2) is 4.39 Å². The van der Waals surface area contributed by atoms with Crippen LogP contribution in [0.4, 0.5) is 4.39 Å². The quantitative estimate of drug-likeness (QED) is 0.508. The molecule has 1 unspecified atom stereocenters. The Kier molecular flexibility index (Phi) is 4.62. The van der Waals surface area contributed by atoms with Crippen LogP contribution >= 0.6 is 34.2 Å². The predicted octanol–water partition coefficient (Wildman–Crippen LogP) is 5.26. The monoisotopic (exact) mass is 374 g/mol. The van der Waals surface area contributed by atoms with Crippen LogP contribution in [0.15, 0.2) is 42.5 Å². The van der Waals surface area contributed by atoms with E-state index in [1.807, 2.05) is 18.2 Å². The van der Waals surface area contributed by atoms with E-state index in [2.05, 4.69) is 35.6 Å². The topological polar surface area (TPSA) is 0 Å². The third-order valence-corrected chi connectivity index (χ3v) is 4.78. The van der Waals surface area contributed by atoms with Crippen molar-refractivity contribution in [1.29, 1.82) is 0 Å². The normalized spacial score (nSPS) is 12.4. The van der Waals surface area contributed by atoms with Gasteiger partial charge < -0.3 is 0 Å². The van der Waals surface area contributed by atoms with Gasteiger partial charge in [0.05, 0.1) is 5.38 Å². The first-order chi connectivity index (χ1) is 8.59. The maximum absolute atomic E-state index is 13.6. The zero-order valence-electron chi connectivity index (χ0n) is 9.96. The number of alkyl halides is 1. The highest BCUT2D eigenvalue weighted by molar-refractivity contribution is 14.1. The molecule has 0 aliphatic heterocycles. The minimum atomic E-state index is -0.200. The van der Waals surface area contributed by atoms with Crippen molar-refractivity contribution in [2.75, 3.05) is 0 Å². The number of hydrogen-bond acceptors (Lipinski definition) is 0. The van der Waals surface area contributed by atoms with E-state index in [1.165, 1.54) is 11.6 Å². The van der Waals surface area contributed by atoms with Crippen LogP contribution in [-0.2, 0) is 6.42 Å². The van der Waals surface area contributed by atoms with E-state index in [9.17, 15) is 4.39 Å². The van der Waals surface area contributed by atoms with Crippen molar-refractivity contribution in [2.45, 2.75) is 18.7 Å². The van der Waals surface area contributed by atoms with Gasteiger partial charge in [0.2, 0.25) is 0 Å². The summed E-state index contributed by atoms with van der Waals surface area (Å²) in [6.07, 6.45) is 0.508.